The van der Waals surface area contributed by atoms with Crippen LogP contribution in [0.25, 0.3) is 0 Å². The number of rotatable bonds is 5. The van der Waals surface area contributed by atoms with E-state index in [1.165, 1.54) is 25.9 Å². The van der Waals surface area contributed by atoms with Gasteiger partial charge >= 0.3 is 6.09 Å². The molecule has 4 rings (SSSR count). The van der Waals surface area contributed by atoms with Crippen LogP contribution in [0.3, 0.4) is 0 Å². The number of hydrogen-bond acceptors (Lipinski definition) is 5. The Morgan fingerprint density at radius 3 is 2.15 bits per heavy atom. The molecule has 1 N–H and O–H groups in total. The molecule has 0 unspecified atom stereocenters. The summed E-state index contributed by atoms with van der Waals surface area (Å²) in [5.74, 6) is -2.27. The summed E-state index contributed by atoms with van der Waals surface area (Å²) in [5.41, 5.74) is -1.33. The molecule has 8 nitrogen and oxygen atoms in total. The van der Waals surface area contributed by atoms with Crippen molar-refractivity contribution in [3.05, 3.63) is 58.7 Å². The summed E-state index contributed by atoms with van der Waals surface area (Å²) in [6.45, 7) is 9.49. The normalized spacial score (nSPS) is 17.4. The van der Waals surface area contributed by atoms with Gasteiger partial charge in [-0.3, -0.25) is 14.5 Å². The van der Waals surface area contributed by atoms with Crippen molar-refractivity contribution >= 4 is 23.6 Å². The van der Waals surface area contributed by atoms with Crippen molar-refractivity contribution in [3.8, 4) is 5.75 Å². The molecule has 40 heavy (non-hydrogen) atoms. The lowest BCUT2D eigenvalue weighted by atomic mass is 9.82. The van der Waals surface area contributed by atoms with Gasteiger partial charge in [-0.25, -0.2) is 13.6 Å². The summed E-state index contributed by atoms with van der Waals surface area (Å²) in [4.78, 5) is 42.7. The summed E-state index contributed by atoms with van der Waals surface area (Å²) in [5, 5.41) is 2.58. The maximum atomic E-state index is 15.4. The molecule has 1 fully saturated rings. The van der Waals surface area contributed by atoms with E-state index in [-0.39, 0.29) is 23.7 Å². The minimum Gasteiger partial charge on any atom is -0.497 e. The second kappa shape index (κ2) is 11.1. The number of carbonyl (C=O) groups is 3. The number of anilines is 1. The number of fused-ring (bicyclic) bond motifs is 1. The van der Waals surface area contributed by atoms with Crippen molar-refractivity contribution in [1.82, 2.24) is 9.80 Å². The van der Waals surface area contributed by atoms with Gasteiger partial charge < -0.3 is 19.7 Å². The van der Waals surface area contributed by atoms with Crippen molar-refractivity contribution in [1.29, 1.82) is 0 Å². The highest BCUT2D eigenvalue weighted by molar-refractivity contribution is 5.98. The van der Waals surface area contributed by atoms with Crippen LogP contribution in [-0.4, -0.2) is 60.1 Å². The number of nitrogens with zero attached hydrogens (tertiary/aromatic N) is 2. The Hall–Kier alpha value is -3.69. The molecule has 0 bridgehead atoms. The largest absolute Gasteiger partial charge is 0.497 e. The van der Waals surface area contributed by atoms with Gasteiger partial charge in [0, 0.05) is 30.9 Å². The zero-order chi connectivity index (χ0) is 29.4. The van der Waals surface area contributed by atoms with Crippen LogP contribution in [0.4, 0.5) is 19.3 Å². The molecule has 0 spiro atoms. The maximum Gasteiger partial charge on any atom is 0.411 e. The molecule has 0 saturated carbocycles. The van der Waals surface area contributed by atoms with Crippen molar-refractivity contribution in [2.45, 2.75) is 70.9 Å². The molecule has 2 aliphatic heterocycles. The lowest BCUT2D eigenvalue weighted by molar-refractivity contribution is -0.135. The Balaban J connectivity index is 1.65. The molecular weight excluding hydrogens is 520 g/mol. The summed E-state index contributed by atoms with van der Waals surface area (Å²) < 4.78 is 41.7. The van der Waals surface area contributed by atoms with Gasteiger partial charge in [0.1, 0.15) is 29.0 Å². The lowest BCUT2D eigenvalue weighted by Gasteiger charge is -2.37. The van der Waals surface area contributed by atoms with Gasteiger partial charge in [0.05, 0.1) is 12.5 Å². The third kappa shape index (κ3) is 5.90. The molecule has 2 heterocycles. The van der Waals surface area contributed by atoms with Crippen LogP contribution >= 0.6 is 0 Å². The Bertz CT molecular complexity index is 1290. The van der Waals surface area contributed by atoms with Gasteiger partial charge in [-0.2, -0.15) is 0 Å². The van der Waals surface area contributed by atoms with E-state index in [1.54, 1.807) is 43.9 Å². The first-order valence-electron chi connectivity index (χ1n) is 13.5. The van der Waals surface area contributed by atoms with E-state index >= 15 is 8.78 Å². The Morgan fingerprint density at radius 1 is 0.950 bits per heavy atom. The smallest absolute Gasteiger partial charge is 0.411 e. The fourth-order valence-electron chi connectivity index (χ4n) is 5.41. The first kappa shape index (κ1) is 29.3. The predicted octanol–water partition coefficient (Wildman–Crippen LogP) is 5.35. The third-order valence-electron chi connectivity index (χ3n) is 7.32. The van der Waals surface area contributed by atoms with Crippen molar-refractivity contribution in [2.75, 3.05) is 32.1 Å². The molecule has 0 radical (unpaired) electrons. The van der Waals surface area contributed by atoms with Crippen LogP contribution in [-0.2, 0) is 26.2 Å². The van der Waals surface area contributed by atoms with Crippen LogP contribution in [0, 0.1) is 11.6 Å². The first-order valence-corrected chi connectivity index (χ1v) is 13.5. The molecule has 2 aliphatic rings. The monoisotopic (exact) mass is 557 g/mol. The minimum absolute atomic E-state index is 0.127. The van der Waals surface area contributed by atoms with Gasteiger partial charge in [0.2, 0.25) is 5.91 Å². The van der Waals surface area contributed by atoms with E-state index in [9.17, 15) is 14.4 Å². The Labute approximate surface area is 233 Å². The van der Waals surface area contributed by atoms with Crippen LogP contribution in [0.2, 0.25) is 0 Å². The Kier molecular flexibility index (Phi) is 8.10. The number of ether oxygens (including phenoxy) is 2. The zero-order valence-corrected chi connectivity index (χ0v) is 23.9. The number of hydrogen-bond donors (Lipinski definition) is 1. The quantitative estimate of drug-likeness (QED) is 0.536. The molecule has 2 aromatic carbocycles. The standard InChI is InChI=1S/C30H37F2N3O5/c1-29(2,3)40-28(38)35-14-11-18-15-20(39-6)9-10-21(18)25(35)26(36)33-19-16-22(31)24(23(32)17-19)30(4,5)27(37)34-12-7-8-13-34/h9-10,15-17,25H,7-8,11-14H2,1-6H3,(H,33,36)/t25-/m1/s1. The highest BCUT2D eigenvalue weighted by atomic mass is 19.1. The number of nitrogens with one attached hydrogen (secondary N) is 1. The molecule has 3 amide bonds. The summed E-state index contributed by atoms with van der Waals surface area (Å²) in [6, 6.07) is 6.09. The average Bonchev–Trinajstić information content (AvgIpc) is 3.40. The minimum atomic E-state index is -1.43. The fraction of sp³-hybridized carbons (Fsp3) is 0.500. The summed E-state index contributed by atoms with van der Waals surface area (Å²) >= 11 is 0. The SMILES string of the molecule is COc1ccc2c(c1)CCN(C(=O)OC(C)(C)C)[C@H]2C(=O)Nc1cc(F)c(C(C)(C)C(=O)N2CCCC2)c(F)c1. The van der Waals surface area contributed by atoms with Gasteiger partial charge in [0.25, 0.3) is 5.91 Å². The second-order valence-corrected chi connectivity index (χ2v) is 11.8. The van der Waals surface area contributed by atoms with Gasteiger partial charge in [-0.1, -0.05) is 6.07 Å². The highest BCUT2D eigenvalue weighted by Crippen LogP contribution is 2.36. The van der Waals surface area contributed by atoms with Gasteiger partial charge in [0.15, 0.2) is 0 Å². The van der Waals surface area contributed by atoms with Crippen LogP contribution < -0.4 is 10.1 Å². The molecule has 1 saturated heterocycles. The number of benzene rings is 2. The molecule has 0 aliphatic carbocycles. The molecular formula is C30H37F2N3O5. The van der Waals surface area contributed by atoms with E-state index in [2.05, 4.69) is 5.32 Å². The van der Waals surface area contributed by atoms with E-state index in [0.29, 0.717) is 30.8 Å². The maximum absolute atomic E-state index is 15.4. The van der Waals surface area contributed by atoms with Crippen LogP contribution in [0.15, 0.2) is 30.3 Å². The molecule has 10 heteroatoms. The highest BCUT2D eigenvalue weighted by Gasteiger charge is 2.41. The Morgan fingerprint density at radius 2 is 1.57 bits per heavy atom. The van der Waals surface area contributed by atoms with Crippen LogP contribution in [0.1, 0.15) is 70.2 Å². The number of halogens is 2. The third-order valence-corrected chi connectivity index (χ3v) is 7.32. The average molecular weight is 558 g/mol. The van der Waals surface area contributed by atoms with Crippen molar-refractivity contribution < 1.29 is 32.6 Å². The number of amides is 3. The number of methoxy groups -OCH3 is 1. The summed E-state index contributed by atoms with van der Waals surface area (Å²) in [6.07, 6.45) is 1.50. The van der Waals surface area contributed by atoms with E-state index < -0.39 is 40.7 Å². The topological polar surface area (TPSA) is 88.2 Å². The van der Waals surface area contributed by atoms with Gasteiger partial charge in [-0.15, -0.1) is 0 Å². The van der Waals surface area contributed by atoms with E-state index in [4.69, 9.17) is 9.47 Å². The van der Waals surface area contributed by atoms with E-state index in [0.717, 1.165) is 30.5 Å². The molecule has 2 aromatic rings. The zero-order valence-electron chi connectivity index (χ0n) is 23.9. The van der Waals surface area contributed by atoms with Crippen molar-refractivity contribution in [3.63, 3.8) is 0 Å². The van der Waals surface area contributed by atoms with Crippen LogP contribution in [0.5, 0.6) is 5.75 Å². The second-order valence-electron chi connectivity index (χ2n) is 11.8. The molecule has 0 aromatic heterocycles. The summed E-state index contributed by atoms with van der Waals surface area (Å²) in [7, 11) is 1.54. The van der Waals surface area contributed by atoms with Crippen molar-refractivity contribution in [2.24, 2.45) is 0 Å². The number of likely N-dealkylation sites (tertiary alicyclic amines) is 1. The predicted molar refractivity (Wildman–Crippen MR) is 146 cm³/mol. The lowest BCUT2D eigenvalue weighted by Crippen LogP contribution is -2.47. The first-order chi connectivity index (χ1) is 18.7. The molecule has 1 atom stereocenters. The number of carbonyl (C=O) groups excluding carboxylic acids is 3. The molecule has 216 valence electrons. The van der Waals surface area contributed by atoms with E-state index in [1.807, 2.05) is 0 Å². The fourth-order valence-corrected chi connectivity index (χ4v) is 5.41. The van der Waals surface area contributed by atoms with Gasteiger partial charge in [-0.05, 0) is 89.3 Å².